The second-order valence-corrected chi connectivity index (χ2v) is 5.91. The highest BCUT2D eigenvalue weighted by atomic mass is 32.2. The van der Waals surface area contributed by atoms with E-state index in [9.17, 15) is 17.9 Å². The van der Waals surface area contributed by atoms with Gasteiger partial charge in [-0.05, 0) is 30.5 Å². The standard InChI is InChI=1S/C11H15FN2O3S/c12-9-3-1-8(2-4-9)11(15)7-14(10-5-6-10)18(13,16)17/h1-4,10-11,15H,5-7H2,(H2,13,16,17). The van der Waals surface area contributed by atoms with E-state index in [1.54, 1.807) is 0 Å². The SMILES string of the molecule is NS(=O)(=O)N(CC(O)c1ccc(F)cc1)C1CC1. The van der Waals surface area contributed by atoms with Crippen LogP contribution in [-0.4, -0.2) is 30.4 Å². The molecule has 0 heterocycles. The van der Waals surface area contributed by atoms with Crippen LogP contribution in [0.25, 0.3) is 0 Å². The molecular weight excluding hydrogens is 259 g/mol. The summed E-state index contributed by atoms with van der Waals surface area (Å²) in [4.78, 5) is 0. The molecule has 1 aliphatic carbocycles. The van der Waals surface area contributed by atoms with Gasteiger partial charge in [-0.25, -0.2) is 9.53 Å². The Hall–Kier alpha value is -1.02. The number of nitrogens with zero attached hydrogens (tertiary/aromatic N) is 1. The number of halogens is 1. The molecule has 0 bridgehead atoms. The molecule has 1 unspecified atom stereocenters. The van der Waals surface area contributed by atoms with E-state index in [2.05, 4.69) is 0 Å². The molecular formula is C11H15FN2O3S. The second-order valence-electron chi connectivity index (χ2n) is 4.41. The van der Waals surface area contributed by atoms with Crippen LogP contribution in [0.2, 0.25) is 0 Å². The summed E-state index contributed by atoms with van der Waals surface area (Å²) in [6.07, 6.45) is 0.503. The van der Waals surface area contributed by atoms with Crippen LogP contribution < -0.4 is 5.14 Å². The Morgan fingerprint density at radius 1 is 1.39 bits per heavy atom. The molecule has 1 atom stereocenters. The average Bonchev–Trinajstić information content (AvgIpc) is 3.08. The van der Waals surface area contributed by atoms with Gasteiger partial charge in [-0.3, -0.25) is 0 Å². The number of nitrogens with two attached hydrogens (primary N) is 1. The lowest BCUT2D eigenvalue weighted by molar-refractivity contribution is 0.145. The molecule has 0 radical (unpaired) electrons. The Morgan fingerprint density at radius 2 is 1.94 bits per heavy atom. The average molecular weight is 274 g/mol. The number of benzene rings is 1. The fraction of sp³-hybridized carbons (Fsp3) is 0.455. The van der Waals surface area contributed by atoms with E-state index < -0.39 is 22.1 Å². The lowest BCUT2D eigenvalue weighted by atomic mass is 10.1. The zero-order valence-corrected chi connectivity index (χ0v) is 10.5. The smallest absolute Gasteiger partial charge is 0.277 e. The molecule has 1 aromatic carbocycles. The fourth-order valence-corrected chi connectivity index (χ4v) is 2.76. The van der Waals surface area contributed by atoms with Crippen molar-refractivity contribution in [3.8, 4) is 0 Å². The van der Waals surface area contributed by atoms with Crippen molar-refractivity contribution in [3.63, 3.8) is 0 Å². The predicted octanol–water partition coefficient (Wildman–Crippen LogP) is 0.527. The summed E-state index contributed by atoms with van der Waals surface area (Å²) in [6.45, 7) is -0.102. The van der Waals surface area contributed by atoms with Crippen LogP contribution in [0.4, 0.5) is 4.39 Å². The fourth-order valence-electron chi connectivity index (χ4n) is 1.78. The molecule has 0 aliphatic heterocycles. The number of hydrogen-bond donors (Lipinski definition) is 2. The van der Waals surface area contributed by atoms with E-state index in [-0.39, 0.29) is 12.6 Å². The monoisotopic (exact) mass is 274 g/mol. The molecule has 1 saturated carbocycles. The maximum atomic E-state index is 12.7. The number of aliphatic hydroxyl groups excluding tert-OH is 1. The minimum absolute atomic E-state index is 0.102. The molecule has 1 fully saturated rings. The lowest BCUT2D eigenvalue weighted by Crippen LogP contribution is -2.40. The van der Waals surface area contributed by atoms with Gasteiger partial charge in [0.1, 0.15) is 5.82 Å². The van der Waals surface area contributed by atoms with Gasteiger partial charge in [0.15, 0.2) is 0 Å². The minimum Gasteiger partial charge on any atom is -0.387 e. The quantitative estimate of drug-likeness (QED) is 0.821. The Labute approximate surface area is 105 Å². The van der Waals surface area contributed by atoms with Crippen LogP contribution in [0.1, 0.15) is 24.5 Å². The van der Waals surface area contributed by atoms with Crippen molar-refractivity contribution >= 4 is 10.2 Å². The molecule has 5 nitrogen and oxygen atoms in total. The molecule has 3 N–H and O–H groups in total. The van der Waals surface area contributed by atoms with E-state index in [0.29, 0.717) is 5.56 Å². The van der Waals surface area contributed by atoms with Crippen LogP contribution in [0, 0.1) is 5.82 Å². The molecule has 7 heteroatoms. The summed E-state index contributed by atoms with van der Waals surface area (Å²) >= 11 is 0. The van der Waals surface area contributed by atoms with Crippen molar-refractivity contribution in [2.75, 3.05) is 6.54 Å². The molecule has 18 heavy (non-hydrogen) atoms. The Morgan fingerprint density at radius 3 is 2.39 bits per heavy atom. The predicted molar refractivity (Wildman–Crippen MR) is 64.2 cm³/mol. The van der Waals surface area contributed by atoms with Gasteiger partial charge in [0.25, 0.3) is 10.2 Å². The van der Waals surface area contributed by atoms with Gasteiger partial charge in [0.05, 0.1) is 6.10 Å². The zero-order valence-electron chi connectivity index (χ0n) is 9.66. The van der Waals surface area contributed by atoms with E-state index in [1.165, 1.54) is 24.3 Å². The van der Waals surface area contributed by atoms with Gasteiger partial charge < -0.3 is 5.11 Å². The Bertz CT molecular complexity index is 514. The minimum atomic E-state index is -3.81. The van der Waals surface area contributed by atoms with E-state index >= 15 is 0 Å². The van der Waals surface area contributed by atoms with Crippen molar-refractivity contribution < 1.29 is 17.9 Å². The van der Waals surface area contributed by atoms with Gasteiger partial charge in [0.2, 0.25) is 0 Å². The van der Waals surface area contributed by atoms with Gasteiger partial charge >= 0.3 is 0 Å². The van der Waals surface area contributed by atoms with Crippen LogP contribution in [0.15, 0.2) is 24.3 Å². The van der Waals surface area contributed by atoms with Crippen LogP contribution >= 0.6 is 0 Å². The van der Waals surface area contributed by atoms with Crippen molar-refractivity contribution in [1.29, 1.82) is 0 Å². The first-order chi connectivity index (χ1) is 8.38. The van der Waals surface area contributed by atoms with Crippen LogP contribution in [0.5, 0.6) is 0 Å². The van der Waals surface area contributed by atoms with Crippen LogP contribution in [0.3, 0.4) is 0 Å². The third-order valence-corrected chi connectivity index (χ3v) is 3.99. The van der Waals surface area contributed by atoms with Crippen molar-refractivity contribution in [1.82, 2.24) is 4.31 Å². The second kappa shape index (κ2) is 4.93. The first-order valence-corrected chi connectivity index (χ1v) is 7.11. The first-order valence-electron chi connectivity index (χ1n) is 5.61. The first kappa shape index (κ1) is 13.4. The summed E-state index contributed by atoms with van der Waals surface area (Å²) < 4.78 is 36.6. The largest absolute Gasteiger partial charge is 0.387 e. The van der Waals surface area contributed by atoms with Crippen LogP contribution in [-0.2, 0) is 10.2 Å². The van der Waals surface area contributed by atoms with Gasteiger partial charge in [-0.15, -0.1) is 0 Å². The third kappa shape index (κ3) is 3.26. The maximum absolute atomic E-state index is 12.7. The summed E-state index contributed by atoms with van der Waals surface area (Å²) in [5, 5.41) is 15.0. The lowest BCUT2D eigenvalue weighted by Gasteiger charge is -2.22. The molecule has 1 aromatic rings. The molecule has 2 rings (SSSR count). The summed E-state index contributed by atoms with van der Waals surface area (Å²) in [5.41, 5.74) is 0.464. The molecule has 0 spiro atoms. The van der Waals surface area contributed by atoms with E-state index in [1.807, 2.05) is 0 Å². The van der Waals surface area contributed by atoms with Crippen molar-refractivity contribution in [3.05, 3.63) is 35.6 Å². The highest BCUT2D eigenvalue weighted by Gasteiger charge is 2.36. The molecule has 0 aromatic heterocycles. The number of aliphatic hydroxyl groups is 1. The summed E-state index contributed by atoms with van der Waals surface area (Å²) in [6, 6.07) is 5.17. The van der Waals surface area contributed by atoms with Gasteiger partial charge in [-0.2, -0.15) is 12.7 Å². The van der Waals surface area contributed by atoms with E-state index in [0.717, 1.165) is 17.1 Å². The summed E-state index contributed by atoms with van der Waals surface area (Å²) in [5.74, 6) is -0.406. The molecule has 100 valence electrons. The summed E-state index contributed by atoms with van der Waals surface area (Å²) in [7, 11) is -3.81. The van der Waals surface area contributed by atoms with Crippen molar-refractivity contribution in [2.24, 2.45) is 5.14 Å². The highest BCUT2D eigenvalue weighted by Crippen LogP contribution is 2.30. The third-order valence-electron chi connectivity index (χ3n) is 2.89. The topological polar surface area (TPSA) is 83.6 Å². The van der Waals surface area contributed by atoms with Crippen molar-refractivity contribution in [2.45, 2.75) is 25.0 Å². The molecule has 0 saturated heterocycles. The van der Waals surface area contributed by atoms with E-state index in [4.69, 9.17) is 5.14 Å². The normalized spacial score (nSPS) is 18.0. The highest BCUT2D eigenvalue weighted by molar-refractivity contribution is 7.86. The maximum Gasteiger partial charge on any atom is 0.277 e. The number of hydrogen-bond acceptors (Lipinski definition) is 3. The molecule has 1 aliphatic rings. The van der Waals surface area contributed by atoms with Gasteiger partial charge in [0, 0.05) is 12.6 Å². The van der Waals surface area contributed by atoms with Gasteiger partial charge in [-0.1, -0.05) is 12.1 Å². The Kier molecular flexibility index (Phi) is 3.67. The zero-order chi connectivity index (χ0) is 13.3. The Balaban J connectivity index is 2.09. The molecule has 0 amide bonds. The number of rotatable bonds is 5.